The van der Waals surface area contributed by atoms with Crippen LogP contribution in [-0.2, 0) is 11.2 Å². The van der Waals surface area contributed by atoms with Gasteiger partial charge in [0.2, 0.25) is 0 Å². The number of ether oxygens (including phenoxy) is 1. The molecule has 1 aliphatic heterocycles. The fourth-order valence-corrected chi connectivity index (χ4v) is 2.69. The summed E-state index contributed by atoms with van der Waals surface area (Å²) in [5.41, 5.74) is 1.29. The number of benzene rings is 1. The summed E-state index contributed by atoms with van der Waals surface area (Å²) >= 11 is 0. The van der Waals surface area contributed by atoms with Crippen LogP contribution < -0.4 is 10.1 Å². The number of rotatable bonds is 6. The second-order valence-corrected chi connectivity index (χ2v) is 6.23. The number of piperidine rings is 1. The predicted octanol–water partition coefficient (Wildman–Crippen LogP) is 2.49. The van der Waals surface area contributed by atoms with Crippen LogP contribution in [0.3, 0.4) is 0 Å². The maximum absolute atomic E-state index is 12.2. The lowest BCUT2D eigenvalue weighted by molar-refractivity contribution is -0.117. The zero-order chi connectivity index (χ0) is 17.4. The monoisotopic (exact) mass is 327 g/mol. The van der Waals surface area contributed by atoms with Gasteiger partial charge in [-0.1, -0.05) is 19.1 Å². The number of likely N-dealkylation sites (tertiary alicyclic amines) is 1. The number of hydrogen-bond donors (Lipinski definition) is 1. The van der Waals surface area contributed by atoms with Crippen molar-refractivity contribution < 1.29 is 9.53 Å². The summed E-state index contributed by atoms with van der Waals surface area (Å²) in [5, 5.41) is 12.1. The maximum Gasteiger partial charge on any atom is 0.263 e. The molecule has 0 saturated carbocycles. The molecule has 0 unspecified atom stereocenters. The predicted molar refractivity (Wildman–Crippen MR) is 93.4 cm³/mol. The van der Waals surface area contributed by atoms with Crippen molar-refractivity contribution in [2.75, 3.05) is 26.7 Å². The van der Waals surface area contributed by atoms with Gasteiger partial charge in [-0.25, -0.2) is 0 Å². The highest BCUT2D eigenvalue weighted by atomic mass is 16.5. The molecule has 5 nitrogen and oxygen atoms in total. The van der Waals surface area contributed by atoms with E-state index in [1.807, 2.05) is 30.3 Å². The standard InChI is InChI=1S/C19H25N3O2/c1-15-8-11-22(12-9-15)14-17(13-20)19(23)21-10-7-16-3-5-18(24-2)6-4-16/h3-6,14-15H,7-12H2,1-2H3,(H,21,23)/b17-14-. The van der Waals surface area contributed by atoms with Gasteiger partial charge in [-0.2, -0.15) is 5.26 Å². The van der Waals surface area contributed by atoms with Gasteiger partial charge in [-0.05, 0) is 42.9 Å². The van der Waals surface area contributed by atoms with Gasteiger partial charge in [0.25, 0.3) is 5.91 Å². The molecule has 1 saturated heterocycles. The molecule has 0 atom stereocenters. The van der Waals surface area contributed by atoms with E-state index in [9.17, 15) is 10.1 Å². The lowest BCUT2D eigenvalue weighted by Gasteiger charge is -2.29. The molecule has 1 aromatic carbocycles. The number of carbonyl (C=O) groups excluding carboxylic acids is 1. The van der Waals surface area contributed by atoms with Gasteiger partial charge in [-0.3, -0.25) is 4.79 Å². The van der Waals surface area contributed by atoms with Crippen LogP contribution in [0.2, 0.25) is 0 Å². The summed E-state index contributed by atoms with van der Waals surface area (Å²) in [4.78, 5) is 14.2. The van der Waals surface area contributed by atoms with Gasteiger partial charge in [0.1, 0.15) is 17.4 Å². The highest BCUT2D eigenvalue weighted by molar-refractivity contribution is 5.97. The molecular formula is C19H25N3O2. The van der Waals surface area contributed by atoms with Gasteiger partial charge < -0.3 is 15.0 Å². The van der Waals surface area contributed by atoms with E-state index in [2.05, 4.69) is 17.1 Å². The molecule has 1 heterocycles. The normalized spacial score (nSPS) is 15.7. The largest absolute Gasteiger partial charge is 0.497 e. The third kappa shape index (κ3) is 5.31. The summed E-state index contributed by atoms with van der Waals surface area (Å²) in [6.07, 6.45) is 4.63. The lowest BCUT2D eigenvalue weighted by atomic mass is 9.99. The third-order valence-corrected chi connectivity index (χ3v) is 4.35. The average Bonchev–Trinajstić information content (AvgIpc) is 2.61. The number of carbonyl (C=O) groups is 1. The third-order valence-electron chi connectivity index (χ3n) is 4.35. The second-order valence-electron chi connectivity index (χ2n) is 6.23. The number of nitrogens with one attached hydrogen (secondary N) is 1. The Labute approximate surface area is 143 Å². The molecule has 1 amide bonds. The van der Waals surface area contributed by atoms with Crippen LogP contribution in [-0.4, -0.2) is 37.6 Å². The molecule has 0 radical (unpaired) electrons. The van der Waals surface area contributed by atoms with Crippen molar-refractivity contribution in [2.24, 2.45) is 5.92 Å². The average molecular weight is 327 g/mol. The smallest absolute Gasteiger partial charge is 0.263 e. The molecule has 24 heavy (non-hydrogen) atoms. The first-order valence-corrected chi connectivity index (χ1v) is 8.39. The van der Waals surface area contributed by atoms with Gasteiger partial charge >= 0.3 is 0 Å². The van der Waals surface area contributed by atoms with E-state index in [1.54, 1.807) is 13.3 Å². The van der Waals surface area contributed by atoms with Crippen LogP contribution in [0.4, 0.5) is 0 Å². The van der Waals surface area contributed by atoms with Crippen molar-refractivity contribution in [3.05, 3.63) is 41.6 Å². The van der Waals surface area contributed by atoms with Crippen molar-refractivity contribution in [3.8, 4) is 11.8 Å². The lowest BCUT2D eigenvalue weighted by Crippen LogP contribution is -2.31. The first kappa shape index (κ1) is 17.9. The Bertz CT molecular complexity index is 608. The van der Waals surface area contributed by atoms with Crippen molar-refractivity contribution in [2.45, 2.75) is 26.2 Å². The molecule has 5 heteroatoms. The van der Waals surface area contributed by atoms with Crippen molar-refractivity contribution in [3.63, 3.8) is 0 Å². The SMILES string of the molecule is COc1ccc(CCNC(=O)/C(C#N)=C\N2CCC(C)CC2)cc1. The Morgan fingerprint density at radius 3 is 2.62 bits per heavy atom. The van der Waals surface area contributed by atoms with Gasteiger partial charge in [0.05, 0.1) is 7.11 Å². The Morgan fingerprint density at radius 2 is 2.04 bits per heavy atom. The van der Waals surface area contributed by atoms with E-state index < -0.39 is 0 Å². The van der Waals surface area contributed by atoms with Gasteiger partial charge in [-0.15, -0.1) is 0 Å². The number of nitriles is 1. The zero-order valence-corrected chi connectivity index (χ0v) is 14.4. The Kier molecular flexibility index (Phi) is 6.68. The highest BCUT2D eigenvalue weighted by Gasteiger charge is 2.16. The van der Waals surface area contributed by atoms with E-state index in [0.29, 0.717) is 6.54 Å². The van der Waals surface area contributed by atoms with Crippen LogP contribution in [0.15, 0.2) is 36.0 Å². The second kappa shape index (κ2) is 8.97. The minimum absolute atomic E-state index is 0.180. The molecule has 0 aliphatic carbocycles. The van der Waals surface area contributed by atoms with Crippen LogP contribution >= 0.6 is 0 Å². The molecule has 1 aliphatic rings. The fraction of sp³-hybridized carbons (Fsp3) is 0.474. The number of methoxy groups -OCH3 is 1. The summed E-state index contributed by atoms with van der Waals surface area (Å²) in [5.74, 6) is 1.23. The quantitative estimate of drug-likeness (QED) is 0.644. The zero-order valence-electron chi connectivity index (χ0n) is 14.4. The van der Waals surface area contributed by atoms with Crippen LogP contribution in [0.1, 0.15) is 25.3 Å². The van der Waals surface area contributed by atoms with E-state index in [1.165, 1.54) is 0 Å². The van der Waals surface area contributed by atoms with Crippen LogP contribution in [0.25, 0.3) is 0 Å². The first-order chi connectivity index (χ1) is 11.6. The molecule has 0 spiro atoms. The molecule has 0 bridgehead atoms. The molecule has 128 valence electrons. The molecule has 1 aromatic rings. The maximum atomic E-state index is 12.2. The summed E-state index contributed by atoms with van der Waals surface area (Å²) in [6, 6.07) is 9.76. The summed E-state index contributed by atoms with van der Waals surface area (Å²) in [6.45, 7) is 4.55. The molecular weight excluding hydrogens is 302 g/mol. The highest BCUT2D eigenvalue weighted by Crippen LogP contribution is 2.17. The summed E-state index contributed by atoms with van der Waals surface area (Å²) < 4.78 is 5.12. The number of amides is 1. The van der Waals surface area contributed by atoms with Crippen molar-refractivity contribution in [1.29, 1.82) is 5.26 Å². The minimum Gasteiger partial charge on any atom is -0.497 e. The Balaban J connectivity index is 1.82. The van der Waals surface area contributed by atoms with Crippen LogP contribution in [0.5, 0.6) is 5.75 Å². The molecule has 2 rings (SSSR count). The first-order valence-electron chi connectivity index (χ1n) is 8.39. The van der Waals surface area contributed by atoms with Crippen molar-refractivity contribution >= 4 is 5.91 Å². The Hall–Kier alpha value is -2.48. The Morgan fingerprint density at radius 1 is 1.38 bits per heavy atom. The molecule has 1 N–H and O–H groups in total. The molecule has 0 aromatic heterocycles. The van der Waals surface area contributed by atoms with E-state index >= 15 is 0 Å². The topological polar surface area (TPSA) is 65.4 Å². The van der Waals surface area contributed by atoms with Gasteiger partial charge in [0, 0.05) is 25.8 Å². The molecule has 1 fully saturated rings. The van der Waals surface area contributed by atoms with Crippen LogP contribution in [0, 0.1) is 17.2 Å². The van der Waals surface area contributed by atoms with Gasteiger partial charge in [0.15, 0.2) is 0 Å². The van der Waals surface area contributed by atoms with E-state index in [-0.39, 0.29) is 11.5 Å². The number of nitrogens with zero attached hydrogens (tertiary/aromatic N) is 2. The minimum atomic E-state index is -0.301. The van der Waals surface area contributed by atoms with Crippen molar-refractivity contribution in [1.82, 2.24) is 10.2 Å². The fourth-order valence-electron chi connectivity index (χ4n) is 2.69. The number of hydrogen-bond acceptors (Lipinski definition) is 4. The van der Waals surface area contributed by atoms with E-state index in [4.69, 9.17) is 4.74 Å². The summed E-state index contributed by atoms with van der Waals surface area (Å²) in [7, 11) is 1.63. The van der Waals surface area contributed by atoms with E-state index in [0.717, 1.165) is 49.6 Å².